The van der Waals surface area contributed by atoms with Gasteiger partial charge in [0.1, 0.15) is 0 Å². The summed E-state index contributed by atoms with van der Waals surface area (Å²) >= 11 is 0. The predicted octanol–water partition coefficient (Wildman–Crippen LogP) is 5.44. The van der Waals surface area contributed by atoms with Crippen molar-refractivity contribution < 1.29 is 4.39 Å². The van der Waals surface area contributed by atoms with Crippen LogP contribution >= 0.6 is 0 Å². The molecule has 1 nitrogen and oxygen atoms in total. The summed E-state index contributed by atoms with van der Waals surface area (Å²) in [5, 5.41) is 0. The molecule has 0 bridgehead atoms. The van der Waals surface area contributed by atoms with Crippen LogP contribution in [0.5, 0.6) is 0 Å². The number of fused-ring (bicyclic) bond motifs is 1. The van der Waals surface area contributed by atoms with Crippen molar-refractivity contribution in [1.82, 2.24) is 0 Å². The smallest absolute Gasteiger partial charge is 0.0894 e. The number of hydrogen-bond acceptors (Lipinski definition) is 1. The molecule has 0 spiro atoms. The molecule has 2 aromatic rings. The molecule has 0 aliphatic heterocycles. The second-order valence-electron chi connectivity index (χ2n) is 7.11. The number of anilines is 1. The van der Waals surface area contributed by atoms with Crippen LogP contribution in [0.2, 0.25) is 0 Å². The quantitative estimate of drug-likeness (QED) is 0.584. The SMILES string of the molecule is C[C@@H](CCCCF)CN(c1ccccc1)C1Cc2ccccc2C1. The standard InChI is InChI=1S/C22H28FN/c1-18(9-7-8-14-23)17-24(21-12-3-2-4-13-21)22-15-19-10-5-6-11-20(19)16-22/h2-6,10-13,18,22H,7-9,14-17H2,1H3/t18-/m0/s1. The fourth-order valence-corrected chi connectivity index (χ4v) is 3.86. The van der Waals surface area contributed by atoms with Crippen LogP contribution in [0.4, 0.5) is 10.1 Å². The van der Waals surface area contributed by atoms with Crippen molar-refractivity contribution in [2.45, 2.75) is 45.1 Å². The van der Waals surface area contributed by atoms with Crippen LogP contribution in [0.25, 0.3) is 0 Å². The molecule has 0 unspecified atom stereocenters. The van der Waals surface area contributed by atoms with E-state index in [-0.39, 0.29) is 6.67 Å². The fraction of sp³-hybridized carbons (Fsp3) is 0.455. The molecule has 1 atom stereocenters. The molecule has 0 saturated carbocycles. The van der Waals surface area contributed by atoms with E-state index in [1.165, 1.54) is 16.8 Å². The molecular weight excluding hydrogens is 297 g/mol. The van der Waals surface area contributed by atoms with E-state index in [4.69, 9.17) is 0 Å². The van der Waals surface area contributed by atoms with E-state index < -0.39 is 0 Å². The van der Waals surface area contributed by atoms with Crippen molar-refractivity contribution >= 4 is 5.69 Å². The highest BCUT2D eigenvalue weighted by atomic mass is 19.1. The minimum absolute atomic E-state index is 0.187. The third-order valence-corrected chi connectivity index (χ3v) is 5.15. The summed E-state index contributed by atoms with van der Waals surface area (Å²) in [4.78, 5) is 2.58. The van der Waals surface area contributed by atoms with Crippen LogP contribution < -0.4 is 4.90 Å². The second-order valence-corrected chi connectivity index (χ2v) is 7.11. The van der Waals surface area contributed by atoms with Crippen molar-refractivity contribution in [2.75, 3.05) is 18.1 Å². The lowest BCUT2D eigenvalue weighted by Crippen LogP contribution is -2.39. The number of rotatable bonds is 8. The van der Waals surface area contributed by atoms with Gasteiger partial charge in [-0.15, -0.1) is 0 Å². The molecular formula is C22H28FN. The van der Waals surface area contributed by atoms with Gasteiger partial charge in [0, 0.05) is 18.3 Å². The fourth-order valence-electron chi connectivity index (χ4n) is 3.86. The van der Waals surface area contributed by atoms with Crippen LogP contribution in [-0.4, -0.2) is 19.3 Å². The summed E-state index contributed by atoms with van der Waals surface area (Å²) in [6.07, 6.45) is 5.05. The van der Waals surface area contributed by atoms with Gasteiger partial charge in [0.2, 0.25) is 0 Å². The Bertz CT molecular complexity index is 600. The van der Waals surface area contributed by atoms with Crippen molar-refractivity contribution in [1.29, 1.82) is 0 Å². The molecule has 24 heavy (non-hydrogen) atoms. The van der Waals surface area contributed by atoms with E-state index >= 15 is 0 Å². The van der Waals surface area contributed by atoms with E-state index in [1.807, 2.05) is 0 Å². The van der Waals surface area contributed by atoms with Crippen molar-refractivity contribution in [3.8, 4) is 0 Å². The third kappa shape index (κ3) is 4.17. The Morgan fingerprint density at radius 3 is 2.21 bits per heavy atom. The van der Waals surface area contributed by atoms with Gasteiger partial charge in [-0.3, -0.25) is 4.39 Å². The first-order valence-corrected chi connectivity index (χ1v) is 9.22. The normalized spacial score (nSPS) is 15.2. The highest BCUT2D eigenvalue weighted by Crippen LogP contribution is 2.30. The monoisotopic (exact) mass is 325 g/mol. The van der Waals surface area contributed by atoms with Gasteiger partial charge in [0.05, 0.1) is 6.67 Å². The predicted molar refractivity (Wildman–Crippen MR) is 100 cm³/mol. The number of nitrogens with zero attached hydrogens (tertiary/aromatic N) is 1. The maximum Gasteiger partial charge on any atom is 0.0894 e. The molecule has 0 N–H and O–H groups in total. The van der Waals surface area contributed by atoms with Gasteiger partial charge in [-0.25, -0.2) is 0 Å². The molecule has 0 radical (unpaired) electrons. The van der Waals surface area contributed by atoms with Crippen molar-refractivity contribution in [3.05, 3.63) is 65.7 Å². The van der Waals surface area contributed by atoms with Gasteiger partial charge >= 0.3 is 0 Å². The Labute approximate surface area is 145 Å². The minimum Gasteiger partial charge on any atom is -0.368 e. The summed E-state index contributed by atoms with van der Waals surface area (Å²) in [5.74, 6) is 0.584. The molecule has 0 amide bonds. The highest BCUT2D eigenvalue weighted by Gasteiger charge is 2.27. The van der Waals surface area contributed by atoms with Crippen LogP contribution in [0.1, 0.15) is 37.3 Å². The molecule has 0 heterocycles. The number of para-hydroxylation sites is 1. The summed E-state index contributed by atoms with van der Waals surface area (Å²) in [5.41, 5.74) is 4.30. The van der Waals surface area contributed by atoms with Gasteiger partial charge in [-0.2, -0.15) is 0 Å². The Morgan fingerprint density at radius 1 is 0.958 bits per heavy atom. The van der Waals surface area contributed by atoms with Crippen LogP contribution in [0, 0.1) is 5.92 Å². The van der Waals surface area contributed by atoms with Crippen LogP contribution in [0.15, 0.2) is 54.6 Å². The van der Waals surface area contributed by atoms with E-state index in [0.717, 1.165) is 32.2 Å². The zero-order chi connectivity index (χ0) is 16.8. The average molecular weight is 325 g/mol. The first kappa shape index (κ1) is 17.0. The van der Waals surface area contributed by atoms with Crippen molar-refractivity contribution in [2.24, 2.45) is 5.92 Å². The number of hydrogen-bond donors (Lipinski definition) is 0. The summed E-state index contributed by atoms with van der Waals surface area (Å²) < 4.78 is 12.4. The molecule has 2 heteroatoms. The summed E-state index contributed by atoms with van der Waals surface area (Å²) in [7, 11) is 0. The van der Waals surface area contributed by atoms with Crippen LogP contribution in [-0.2, 0) is 12.8 Å². The lowest BCUT2D eigenvalue weighted by atomic mass is 10.0. The highest BCUT2D eigenvalue weighted by molar-refractivity contribution is 5.49. The Hall–Kier alpha value is -1.83. The first-order valence-electron chi connectivity index (χ1n) is 9.22. The molecule has 0 saturated heterocycles. The topological polar surface area (TPSA) is 3.24 Å². The zero-order valence-electron chi connectivity index (χ0n) is 14.6. The first-order chi connectivity index (χ1) is 11.8. The Kier molecular flexibility index (Phi) is 5.90. The minimum atomic E-state index is -0.187. The van der Waals surface area contributed by atoms with E-state index in [9.17, 15) is 4.39 Å². The largest absolute Gasteiger partial charge is 0.368 e. The number of unbranched alkanes of at least 4 members (excludes halogenated alkanes) is 1. The molecule has 0 fully saturated rings. The van der Waals surface area contributed by atoms with Gasteiger partial charge in [-0.05, 0) is 54.9 Å². The second kappa shape index (κ2) is 8.32. The number of benzene rings is 2. The molecule has 1 aliphatic rings. The lowest BCUT2D eigenvalue weighted by molar-refractivity contribution is 0.418. The number of alkyl halides is 1. The Balaban J connectivity index is 1.72. The maximum atomic E-state index is 12.4. The van der Waals surface area contributed by atoms with E-state index in [1.54, 1.807) is 0 Å². The zero-order valence-corrected chi connectivity index (χ0v) is 14.6. The van der Waals surface area contributed by atoms with Gasteiger partial charge < -0.3 is 4.90 Å². The van der Waals surface area contributed by atoms with E-state index in [2.05, 4.69) is 66.4 Å². The molecule has 128 valence electrons. The Morgan fingerprint density at radius 2 is 1.58 bits per heavy atom. The van der Waals surface area contributed by atoms with Crippen LogP contribution in [0.3, 0.4) is 0 Å². The van der Waals surface area contributed by atoms with Crippen molar-refractivity contribution in [3.63, 3.8) is 0 Å². The lowest BCUT2D eigenvalue weighted by Gasteiger charge is -2.33. The molecule has 3 rings (SSSR count). The van der Waals surface area contributed by atoms with Gasteiger partial charge in [0.15, 0.2) is 0 Å². The van der Waals surface area contributed by atoms with Gasteiger partial charge in [-0.1, -0.05) is 55.8 Å². The number of halogens is 1. The molecule has 0 aromatic heterocycles. The summed E-state index contributed by atoms with van der Waals surface area (Å²) in [6, 6.07) is 20.1. The molecule has 2 aromatic carbocycles. The molecule has 1 aliphatic carbocycles. The van der Waals surface area contributed by atoms with Gasteiger partial charge in [0.25, 0.3) is 0 Å². The van der Waals surface area contributed by atoms with E-state index in [0.29, 0.717) is 18.4 Å². The average Bonchev–Trinajstić information content (AvgIpc) is 3.04. The maximum absolute atomic E-state index is 12.4. The third-order valence-electron chi connectivity index (χ3n) is 5.15. The summed E-state index contributed by atoms with van der Waals surface area (Å²) in [6.45, 7) is 3.16.